The van der Waals surface area contributed by atoms with E-state index in [1.807, 2.05) is 4.90 Å². The van der Waals surface area contributed by atoms with E-state index < -0.39 is 0 Å². The van der Waals surface area contributed by atoms with Crippen LogP contribution in [0.2, 0.25) is 0 Å². The zero-order valence-electron chi connectivity index (χ0n) is 12.2. The van der Waals surface area contributed by atoms with Crippen LogP contribution in [0.3, 0.4) is 0 Å². The number of rotatable bonds is 3. The number of amides is 1. The number of hydrogen-bond donors (Lipinski definition) is 1. The zero-order valence-corrected chi connectivity index (χ0v) is 13.8. The molecule has 1 saturated heterocycles. The summed E-state index contributed by atoms with van der Waals surface area (Å²) < 4.78 is 1.08. The van der Waals surface area contributed by atoms with Gasteiger partial charge in [0.25, 0.3) is 0 Å². The van der Waals surface area contributed by atoms with Crippen LogP contribution in [-0.4, -0.2) is 23.4 Å². The SMILES string of the molecule is CCCN1C(=O)CCCC(N)C1c1ccc(C)c(Br)c1. The Morgan fingerprint density at radius 2 is 2.20 bits per heavy atom. The monoisotopic (exact) mass is 338 g/mol. The van der Waals surface area contributed by atoms with E-state index in [0.29, 0.717) is 6.42 Å². The highest BCUT2D eigenvalue weighted by Crippen LogP contribution is 2.32. The molecular formula is C16H23BrN2O. The molecule has 1 fully saturated rings. The van der Waals surface area contributed by atoms with Gasteiger partial charge in [-0.2, -0.15) is 0 Å². The highest BCUT2D eigenvalue weighted by Gasteiger charge is 2.32. The molecule has 1 heterocycles. The van der Waals surface area contributed by atoms with Crippen LogP contribution < -0.4 is 5.73 Å². The summed E-state index contributed by atoms with van der Waals surface area (Å²) in [5.74, 6) is 0.237. The maximum Gasteiger partial charge on any atom is 0.223 e. The minimum atomic E-state index is 0.00171. The molecule has 1 aliphatic rings. The second kappa shape index (κ2) is 6.72. The summed E-state index contributed by atoms with van der Waals surface area (Å²) in [5, 5.41) is 0. The molecule has 2 atom stereocenters. The molecule has 4 heteroatoms. The van der Waals surface area contributed by atoms with Crippen molar-refractivity contribution in [2.24, 2.45) is 5.73 Å². The summed E-state index contributed by atoms with van der Waals surface area (Å²) in [7, 11) is 0. The Kier molecular flexibility index (Phi) is 5.22. The number of halogens is 1. The Hall–Kier alpha value is -0.870. The molecule has 0 saturated carbocycles. The number of benzene rings is 1. The molecule has 1 aliphatic heterocycles. The van der Waals surface area contributed by atoms with Crippen LogP contribution in [0.5, 0.6) is 0 Å². The molecule has 1 aromatic carbocycles. The Bertz CT molecular complexity index is 489. The Labute approximate surface area is 129 Å². The van der Waals surface area contributed by atoms with E-state index in [2.05, 4.69) is 48.0 Å². The Morgan fingerprint density at radius 3 is 2.85 bits per heavy atom. The van der Waals surface area contributed by atoms with Crippen LogP contribution in [0.1, 0.15) is 49.8 Å². The molecule has 0 aromatic heterocycles. The smallest absolute Gasteiger partial charge is 0.223 e. The fraction of sp³-hybridized carbons (Fsp3) is 0.562. The molecular weight excluding hydrogens is 316 g/mol. The Morgan fingerprint density at radius 1 is 1.45 bits per heavy atom. The summed E-state index contributed by atoms with van der Waals surface area (Å²) in [6.07, 6.45) is 3.38. The summed E-state index contributed by atoms with van der Waals surface area (Å²) in [6, 6.07) is 6.32. The second-order valence-electron chi connectivity index (χ2n) is 5.60. The number of carbonyl (C=O) groups is 1. The molecule has 20 heavy (non-hydrogen) atoms. The van der Waals surface area contributed by atoms with Gasteiger partial charge in [-0.05, 0) is 43.4 Å². The molecule has 2 unspecified atom stereocenters. The first-order chi connectivity index (χ1) is 9.54. The van der Waals surface area contributed by atoms with E-state index in [-0.39, 0.29) is 18.0 Å². The molecule has 1 aromatic rings. The van der Waals surface area contributed by atoms with Crippen molar-refractivity contribution in [2.45, 2.75) is 51.6 Å². The summed E-state index contributed by atoms with van der Waals surface area (Å²) in [6.45, 7) is 4.95. The normalized spacial score (nSPS) is 23.8. The number of nitrogens with two attached hydrogens (primary N) is 1. The third-order valence-corrected chi connectivity index (χ3v) is 4.85. The maximum atomic E-state index is 12.3. The molecule has 0 bridgehead atoms. The molecule has 1 amide bonds. The highest BCUT2D eigenvalue weighted by atomic mass is 79.9. The maximum absolute atomic E-state index is 12.3. The van der Waals surface area contributed by atoms with Gasteiger partial charge in [-0.1, -0.05) is 35.0 Å². The minimum absolute atomic E-state index is 0.00171. The summed E-state index contributed by atoms with van der Waals surface area (Å²) in [5.41, 5.74) is 8.71. The first-order valence-electron chi connectivity index (χ1n) is 7.35. The topological polar surface area (TPSA) is 46.3 Å². The lowest BCUT2D eigenvalue weighted by Gasteiger charge is -2.34. The van der Waals surface area contributed by atoms with Crippen molar-refractivity contribution < 1.29 is 4.79 Å². The van der Waals surface area contributed by atoms with Crippen molar-refractivity contribution >= 4 is 21.8 Å². The molecule has 2 N–H and O–H groups in total. The van der Waals surface area contributed by atoms with Crippen LogP contribution in [0, 0.1) is 6.92 Å². The quantitative estimate of drug-likeness (QED) is 0.915. The lowest BCUT2D eigenvalue weighted by atomic mass is 9.95. The fourth-order valence-corrected chi connectivity index (χ4v) is 3.30. The minimum Gasteiger partial charge on any atom is -0.334 e. The van der Waals surface area contributed by atoms with Gasteiger partial charge >= 0.3 is 0 Å². The molecule has 2 rings (SSSR count). The molecule has 110 valence electrons. The lowest BCUT2D eigenvalue weighted by molar-refractivity contribution is -0.133. The van der Waals surface area contributed by atoms with Gasteiger partial charge in [0, 0.05) is 23.5 Å². The third kappa shape index (κ3) is 3.23. The summed E-state index contributed by atoms with van der Waals surface area (Å²) >= 11 is 3.58. The van der Waals surface area contributed by atoms with Gasteiger partial charge in [-0.15, -0.1) is 0 Å². The van der Waals surface area contributed by atoms with Gasteiger partial charge in [-0.25, -0.2) is 0 Å². The van der Waals surface area contributed by atoms with Crippen molar-refractivity contribution in [3.63, 3.8) is 0 Å². The van der Waals surface area contributed by atoms with Gasteiger partial charge < -0.3 is 10.6 Å². The summed E-state index contributed by atoms with van der Waals surface area (Å²) in [4.78, 5) is 14.3. The van der Waals surface area contributed by atoms with Crippen LogP contribution in [0.25, 0.3) is 0 Å². The predicted molar refractivity (Wildman–Crippen MR) is 85.5 cm³/mol. The van der Waals surface area contributed by atoms with Crippen molar-refractivity contribution in [3.05, 3.63) is 33.8 Å². The number of nitrogens with zero attached hydrogens (tertiary/aromatic N) is 1. The number of hydrogen-bond acceptors (Lipinski definition) is 2. The largest absolute Gasteiger partial charge is 0.334 e. The van der Waals surface area contributed by atoms with Crippen molar-refractivity contribution in [2.75, 3.05) is 6.54 Å². The van der Waals surface area contributed by atoms with Crippen molar-refractivity contribution in [1.29, 1.82) is 0 Å². The van der Waals surface area contributed by atoms with Crippen LogP contribution >= 0.6 is 15.9 Å². The van der Waals surface area contributed by atoms with Crippen molar-refractivity contribution in [1.82, 2.24) is 4.90 Å². The first-order valence-corrected chi connectivity index (χ1v) is 8.15. The number of likely N-dealkylation sites (tertiary alicyclic amines) is 1. The standard InChI is InChI=1S/C16H23BrN2O/c1-3-9-19-15(20)6-4-5-14(18)16(19)12-8-7-11(2)13(17)10-12/h7-8,10,14,16H,3-6,9,18H2,1-2H3. The molecule has 0 radical (unpaired) electrons. The highest BCUT2D eigenvalue weighted by molar-refractivity contribution is 9.10. The lowest BCUT2D eigenvalue weighted by Crippen LogP contribution is -2.42. The molecule has 3 nitrogen and oxygen atoms in total. The van der Waals surface area contributed by atoms with Crippen LogP contribution in [0.15, 0.2) is 22.7 Å². The molecule has 0 spiro atoms. The van der Waals surface area contributed by atoms with E-state index in [1.54, 1.807) is 0 Å². The van der Waals surface area contributed by atoms with Gasteiger partial charge in [0.15, 0.2) is 0 Å². The predicted octanol–water partition coefficient (Wildman–Crippen LogP) is 3.55. The number of carbonyl (C=O) groups excluding carboxylic acids is 1. The zero-order chi connectivity index (χ0) is 14.7. The van der Waals surface area contributed by atoms with Gasteiger partial charge in [-0.3, -0.25) is 4.79 Å². The van der Waals surface area contributed by atoms with Gasteiger partial charge in [0.05, 0.1) is 6.04 Å². The van der Waals surface area contributed by atoms with Gasteiger partial charge in [0.2, 0.25) is 5.91 Å². The van der Waals surface area contributed by atoms with Gasteiger partial charge in [0.1, 0.15) is 0 Å². The van der Waals surface area contributed by atoms with E-state index in [0.717, 1.165) is 35.8 Å². The first kappa shape index (κ1) is 15.5. The third-order valence-electron chi connectivity index (χ3n) is 3.99. The van der Waals surface area contributed by atoms with Crippen LogP contribution in [-0.2, 0) is 4.79 Å². The average Bonchev–Trinajstić information content (AvgIpc) is 2.54. The number of aryl methyl sites for hydroxylation is 1. The molecule has 0 aliphatic carbocycles. The van der Waals surface area contributed by atoms with E-state index >= 15 is 0 Å². The van der Waals surface area contributed by atoms with E-state index in [4.69, 9.17) is 5.73 Å². The average molecular weight is 339 g/mol. The van der Waals surface area contributed by atoms with Crippen LogP contribution in [0.4, 0.5) is 0 Å². The second-order valence-corrected chi connectivity index (χ2v) is 6.45. The van der Waals surface area contributed by atoms with E-state index in [9.17, 15) is 4.79 Å². The fourth-order valence-electron chi connectivity index (χ4n) is 2.90. The van der Waals surface area contributed by atoms with Crippen molar-refractivity contribution in [3.8, 4) is 0 Å². The Balaban J connectivity index is 2.40. The van der Waals surface area contributed by atoms with E-state index in [1.165, 1.54) is 5.56 Å².